The molecule has 104 valence electrons. The molecule has 0 atom stereocenters. The van der Waals surface area contributed by atoms with Gasteiger partial charge in [0.05, 0.1) is 5.69 Å². The van der Waals surface area contributed by atoms with Crippen LogP contribution in [-0.2, 0) is 0 Å². The van der Waals surface area contributed by atoms with Crippen molar-refractivity contribution in [3.05, 3.63) is 48.4 Å². The van der Waals surface area contributed by atoms with Crippen LogP contribution in [0.5, 0.6) is 0 Å². The number of rotatable bonds is 2. The van der Waals surface area contributed by atoms with Gasteiger partial charge in [0.2, 0.25) is 0 Å². The van der Waals surface area contributed by atoms with Crippen LogP contribution in [0.4, 0.5) is 10.1 Å². The minimum Gasteiger partial charge on any atom is -0.451 e. The maximum Gasteiger partial charge on any atom is 0.275 e. The van der Waals surface area contributed by atoms with Crippen molar-refractivity contribution < 1.29 is 13.6 Å². The van der Waals surface area contributed by atoms with Crippen molar-refractivity contribution >= 4 is 11.6 Å². The fourth-order valence-corrected chi connectivity index (χ4v) is 2.34. The summed E-state index contributed by atoms with van der Waals surface area (Å²) in [5, 5.41) is 0. The first kappa shape index (κ1) is 12.7. The Kier molecular flexibility index (Phi) is 3.37. The van der Waals surface area contributed by atoms with E-state index in [1.165, 1.54) is 18.7 Å². The molecular formula is C14H14FN3O2. The zero-order valence-corrected chi connectivity index (χ0v) is 10.8. The van der Waals surface area contributed by atoms with Crippen LogP contribution in [0.3, 0.4) is 0 Å². The first-order chi connectivity index (χ1) is 9.75. The molecule has 6 heteroatoms. The molecule has 1 fully saturated rings. The molecule has 1 aliphatic heterocycles. The second kappa shape index (κ2) is 5.32. The summed E-state index contributed by atoms with van der Waals surface area (Å²) in [6.07, 6.45) is 2.58. The van der Waals surface area contributed by atoms with Crippen molar-refractivity contribution in [1.29, 1.82) is 0 Å². The standard InChI is InChI=1S/C14H14FN3O2/c15-11-3-1-2-4-13(11)17-5-7-18(8-6-17)14(19)12-9-20-10-16-12/h1-4,9-10H,5-8H2. The molecule has 0 aliphatic carbocycles. The third kappa shape index (κ3) is 2.36. The SMILES string of the molecule is O=C(c1cocn1)N1CCN(c2ccccc2F)CC1. The summed E-state index contributed by atoms with van der Waals surface area (Å²) in [6.45, 7) is 2.29. The molecule has 2 heterocycles. The Labute approximate surface area is 115 Å². The Morgan fingerprint density at radius 3 is 2.60 bits per heavy atom. The first-order valence-corrected chi connectivity index (χ1v) is 6.42. The number of aromatic nitrogens is 1. The van der Waals surface area contributed by atoms with E-state index in [1.807, 2.05) is 11.0 Å². The van der Waals surface area contributed by atoms with Gasteiger partial charge >= 0.3 is 0 Å². The summed E-state index contributed by atoms with van der Waals surface area (Å²) < 4.78 is 18.5. The van der Waals surface area contributed by atoms with Crippen LogP contribution in [-0.4, -0.2) is 42.0 Å². The number of para-hydroxylation sites is 1. The largest absolute Gasteiger partial charge is 0.451 e. The smallest absolute Gasteiger partial charge is 0.275 e. The van der Waals surface area contributed by atoms with Gasteiger partial charge in [-0.25, -0.2) is 9.37 Å². The van der Waals surface area contributed by atoms with Gasteiger partial charge in [0, 0.05) is 26.2 Å². The summed E-state index contributed by atoms with van der Waals surface area (Å²) in [6, 6.07) is 6.68. The Morgan fingerprint density at radius 1 is 1.20 bits per heavy atom. The number of anilines is 1. The van der Waals surface area contributed by atoms with Crippen LogP contribution < -0.4 is 4.90 Å². The van der Waals surface area contributed by atoms with Gasteiger partial charge in [-0.15, -0.1) is 0 Å². The van der Waals surface area contributed by atoms with Crippen LogP contribution >= 0.6 is 0 Å². The third-order valence-electron chi connectivity index (χ3n) is 3.41. The molecule has 1 aromatic carbocycles. The van der Waals surface area contributed by atoms with Crippen molar-refractivity contribution in [1.82, 2.24) is 9.88 Å². The fourth-order valence-electron chi connectivity index (χ4n) is 2.34. The van der Waals surface area contributed by atoms with E-state index < -0.39 is 0 Å². The number of oxazole rings is 1. The van der Waals surface area contributed by atoms with E-state index >= 15 is 0 Å². The second-order valence-electron chi connectivity index (χ2n) is 4.60. The zero-order chi connectivity index (χ0) is 13.9. The monoisotopic (exact) mass is 275 g/mol. The number of benzene rings is 1. The predicted molar refractivity (Wildman–Crippen MR) is 71.0 cm³/mol. The molecule has 1 aromatic heterocycles. The summed E-state index contributed by atoms with van der Waals surface area (Å²) in [5.74, 6) is -0.379. The Balaban J connectivity index is 1.65. The minimum absolute atomic E-state index is 0.146. The quantitative estimate of drug-likeness (QED) is 0.838. The highest BCUT2D eigenvalue weighted by Crippen LogP contribution is 2.20. The lowest BCUT2D eigenvalue weighted by Crippen LogP contribution is -2.49. The predicted octanol–water partition coefficient (Wildman–Crippen LogP) is 1.78. The molecule has 3 rings (SSSR count). The number of amides is 1. The van der Waals surface area contributed by atoms with Crippen molar-refractivity contribution in [3.63, 3.8) is 0 Å². The third-order valence-corrected chi connectivity index (χ3v) is 3.41. The zero-order valence-electron chi connectivity index (χ0n) is 10.8. The summed E-state index contributed by atoms with van der Waals surface area (Å²) in [4.78, 5) is 19.6. The number of piperazine rings is 1. The molecule has 5 nitrogen and oxygen atoms in total. The molecule has 0 unspecified atom stereocenters. The fraction of sp³-hybridized carbons (Fsp3) is 0.286. The van der Waals surface area contributed by atoms with Crippen molar-refractivity contribution in [2.45, 2.75) is 0 Å². The molecule has 1 saturated heterocycles. The molecule has 0 bridgehead atoms. The number of nitrogens with zero attached hydrogens (tertiary/aromatic N) is 3. The normalized spacial score (nSPS) is 15.4. The summed E-state index contributed by atoms with van der Waals surface area (Å²) in [7, 11) is 0. The average Bonchev–Trinajstić information content (AvgIpc) is 3.01. The molecule has 1 aliphatic rings. The van der Waals surface area contributed by atoms with Crippen molar-refractivity contribution in [3.8, 4) is 0 Å². The number of carbonyl (C=O) groups excluding carboxylic acids is 1. The highest BCUT2D eigenvalue weighted by atomic mass is 19.1. The highest BCUT2D eigenvalue weighted by Gasteiger charge is 2.24. The minimum atomic E-state index is -0.233. The van der Waals surface area contributed by atoms with E-state index in [-0.39, 0.29) is 11.7 Å². The van der Waals surface area contributed by atoms with E-state index in [0.29, 0.717) is 37.6 Å². The van der Waals surface area contributed by atoms with Gasteiger partial charge in [-0.3, -0.25) is 4.79 Å². The number of hydrogen-bond donors (Lipinski definition) is 0. The van der Waals surface area contributed by atoms with Crippen LogP contribution in [0, 0.1) is 5.82 Å². The molecule has 0 spiro atoms. The molecule has 20 heavy (non-hydrogen) atoms. The Hall–Kier alpha value is -2.37. The van der Waals surface area contributed by atoms with Gasteiger partial charge < -0.3 is 14.2 Å². The van der Waals surface area contributed by atoms with Gasteiger partial charge in [-0.05, 0) is 12.1 Å². The lowest BCUT2D eigenvalue weighted by atomic mass is 10.2. The molecular weight excluding hydrogens is 261 g/mol. The summed E-state index contributed by atoms with van der Waals surface area (Å²) >= 11 is 0. The van der Waals surface area contributed by atoms with Gasteiger partial charge in [-0.1, -0.05) is 12.1 Å². The van der Waals surface area contributed by atoms with E-state index in [1.54, 1.807) is 17.0 Å². The van der Waals surface area contributed by atoms with Crippen molar-refractivity contribution in [2.24, 2.45) is 0 Å². The second-order valence-corrected chi connectivity index (χ2v) is 4.60. The van der Waals surface area contributed by atoms with Crippen molar-refractivity contribution in [2.75, 3.05) is 31.1 Å². The molecule has 0 saturated carbocycles. The number of halogens is 1. The lowest BCUT2D eigenvalue weighted by Gasteiger charge is -2.35. The lowest BCUT2D eigenvalue weighted by molar-refractivity contribution is 0.0740. The molecule has 0 radical (unpaired) electrons. The molecule has 1 amide bonds. The van der Waals surface area contributed by atoms with Crippen LogP contribution in [0.2, 0.25) is 0 Å². The van der Waals surface area contributed by atoms with E-state index in [2.05, 4.69) is 4.98 Å². The van der Waals surface area contributed by atoms with Crippen LogP contribution in [0.25, 0.3) is 0 Å². The van der Waals surface area contributed by atoms with Crippen LogP contribution in [0.15, 0.2) is 41.3 Å². The maximum atomic E-state index is 13.7. The topological polar surface area (TPSA) is 49.6 Å². The van der Waals surface area contributed by atoms with Gasteiger partial charge in [0.1, 0.15) is 12.1 Å². The van der Waals surface area contributed by atoms with Gasteiger partial charge in [0.15, 0.2) is 12.1 Å². The van der Waals surface area contributed by atoms with E-state index in [4.69, 9.17) is 4.42 Å². The Morgan fingerprint density at radius 2 is 1.95 bits per heavy atom. The number of carbonyl (C=O) groups is 1. The number of hydrogen-bond acceptors (Lipinski definition) is 4. The molecule has 2 aromatic rings. The summed E-state index contributed by atoms with van der Waals surface area (Å²) in [5.41, 5.74) is 0.894. The van der Waals surface area contributed by atoms with Gasteiger partial charge in [0.25, 0.3) is 5.91 Å². The Bertz CT molecular complexity index is 592. The van der Waals surface area contributed by atoms with Gasteiger partial charge in [-0.2, -0.15) is 0 Å². The average molecular weight is 275 g/mol. The molecule has 0 N–H and O–H groups in total. The highest BCUT2D eigenvalue weighted by molar-refractivity contribution is 5.92. The maximum absolute atomic E-state index is 13.7. The van der Waals surface area contributed by atoms with Crippen LogP contribution in [0.1, 0.15) is 10.5 Å². The van der Waals surface area contributed by atoms with E-state index in [0.717, 1.165) is 0 Å². The first-order valence-electron chi connectivity index (χ1n) is 6.42. The van der Waals surface area contributed by atoms with E-state index in [9.17, 15) is 9.18 Å².